The first-order chi connectivity index (χ1) is 22.6. The van der Waals surface area contributed by atoms with E-state index in [0.29, 0.717) is 12.6 Å². The SMILES string of the molecule is CC(=O)N1CCc2c(c(-c3cccc4cc(-c5ccc(N6CCC(C7CCNCC7)CC6)nc5)ncc34)nn2C2CCOCC2)C1. The first-order valence-electron chi connectivity index (χ1n) is 17.4. The number of rotatable bonds is 5. The van der Waals surface area contributed by atoms with E-state index in [2.05, 4.69) is 51.3 Å². The van der Waals surface area contributed by atoms with Crippen molar-refractivity contribution in [1.82, 2.24) is 30.0 Å². The van der Waals surface area contributed by atoms with E-state index in [-0.39, 0.29) is 5.91 Å². The molecule has 4 aliphatic heterocycles. The van der Waals surface area contributed by atoms with Gasteiger partial charge in [-0.25, -0.2) is 4.98 Å². The van der Waals surface area contributed by atoms with Crippen molar-refractivity contribution in [3.05, 3.63) is 60.0 Å². The standard InChI is InChI=1S/C37H45N7O2/c1-25(45)43-18-11-35-33(24-43)37(41-44(35)30-12-19-46-20-13-30)31-4-2-3-28-21-34(39-23-32(28)31)29-5-6-36(40-22-29)42-16-9-27(10-17-42)26-7-14-38-15-8-26/h2-6,21-23,26-27,30,38H,7-20,24H2,1H3. The van der Waals surface area contributed by atoms with Crippen LogP contribution in [0.4, 0.5) is 5.82 Å². The first-order valence-corrected chi connectivity index (χ1v) is 17.4. The van der Waals surface area contributed by atoms with Gasteiger partial charge in [0.05, 0.1) is 17.4 Å². The van der Waals surface area contributed by atoms with Crippen LogP contribution in [0.2, 0.25) is 0 Å². The van der Waals surface area contributed by atoms with Gasteiger partial charge >= 0.3 is 0 Å². The Morgan fingerprint density at radius 2 is 1.72 bits per heavy atom. The van der Waals surface area contributed by atoms with Gasteiger partial charge in [0.1, 0.15) is 5.82 Å². The summed E-state index contributed by atoms with van der Waals surface area (Å²) in [7, 11) is 0. The highest BCUT2D eigenvalue weighted by molar-refractivity contribution is 5.97. The molecule has 0 saturated carbocycles. The Morgan fingerprint density at radius 1 is 0.913 bits per heavy atom. The van der Waals surface area contributed by atoms with Crippen LogP contribution in [-0.2, 0) is 22.5 Å². The van der Waals surface area contributed by atoms with Crippen LogP contribution in [0.5, 0.6) is 0 Å². The number of anilines is 1. The van der Waals surface area contributed by atoms with Crippen LogP contribution in [0.15, 0.2) is 48.8 Å². The normalized spacial score (nSPS) is 20.3. The summed E-state index contributed by atoms with van der Waals surface area (Å²) >= 11 is 0. The van der Waals surface area contributed by atoms with E-state index < -0.39 is 0 Å². The second kappa shape index (κ2) is 12.8. The van der Waals surface area contributed by atoms with Crippen LogP contribution in [-0.4, -0.2) is 76.5 Å². The lowest BCUT2D eigenvalue weighted by Gasteiger charge is -2.38. The van der Waals surface area contributed by atoms with E-state index in [1.165, 1.54) is 50.0 Å². The van der Waals surface area contributed by atoms with Gasteiger partial charge in [0.15, 0.2) is 0 Å². The summed E-state index contributed by atoms with van der Waals surface area (Å²) in [6.45, 7) is 9.08. The summed E-state index contributed by atoms with van der Waals surface area (Å²) in [6, 6.07) is 13.3. The number of hydrogen-bond acceptors (Lipinski definition) is 7. The maximum absolute atomic E-state index is 12.4. The molecule has 3 fully saturated rings. The van der Waals surface area contributed by atoms with Crippen LogP contribution in [0.25, 0.3) is 33.3 Å². The summed E-state index contributed by atoms with van der Waals surface area (Å²) in [5.74, 6) is 2.93. The minimum atomic E-state index is 0.112. The summed E-state index contributed by atoms with van der Waals surface area (Å²) < 4.78 is 7.92. The van der Waals surface area contributed by atoms with Gasteiger partial charge in [-0.05, 0) is 87.0 Å². The fraction of sp³-hybridized carbons (Fsp3) is 0.514. The van der Waals surface area contributed by atoms with E-state index >= 15 is 0 Å². The van der Waals surface area contributed by atoms with Crippen molar-refractivity contribution < 1.29 is 9.53 Å². The number of piperidine rings is 2. The molecule has 240 valence electrons. The van der Waals surface area contributed by atoms with Gasteiger partial charge in [0, 0.05) is 92.9 Å². The van der Waals surface area contributed by atoms with Crippen molar-refractivity contribution in [2.24, 2.45) is 11.8 Å². The molecule has 0 spiro atoms. The highest BCUT2D eigenvalue weighted by atomic mass is 16.5. The van der Waals surface area contributed by atoms with E-state index in [9.17, 15) is 4.79 Å². The number of carbonyl (C=O) groups excluding carboxylic acids is 1. The fourth-order valence-corrected chi connectivity index (χ4v) is 8.34. The van der Waals surface area contributed by atoms with Crippen molar-refractivity contribution in [3.63, 3.8) is 0 Å². The number of hydrogen-bond donors (Lipinski definition) is 1. The molecule has 0 radical (unpaired) electrons. The van der Waals surface area contributed by atoms with E-state index in [4.69, 9.17) is 19.8 Å². The second-order valence-electron chi connectivity index (χ2n) is 13.7. The average molecular weight is 620 g/mol. The predicted octanol–water partition coefficient (Wildman–Crippen LogP) is 5.63. The molecule has 46 heavy (non-hydrogen) atoms. The molecule has 4 aliphatic rings. The highest BCUT2D eigenvalue weighted by Crippen LogP contribution is 2.38. The van der Waals surface area contributed by atoms with Crippen LogP contribution in [0.3, 0.4) is 0 Å². The van der Waals surface area contributed by atoms with Gasteiger partial charge in [-0.15, -0.1) is 0 Å². The molecule has 8 rings (SSSR count). The third-order valence-electron chi connectivity index (χ3n) is 11.0. The minimum absolute atomic E-state index is 0.112. The molecule has 9 heteroatoms. The maximum Gasteiger partial charge on any atom is 0.219 e. The van der Waals surface area contributed by atoms with Crippen LogP contribution in [0.1, 0.15) is 62.7 Å². The lowest BCUT2D eigenvalue weighted by molar-refractivity contribution is -0.129. The maximum atomic E-state index is 12.4. The number of fused-ring (bicyclic) bond motifs is 2. The fourth-order valence-electron chi connectivity index (χ4n) is 8.34. The Hall–Kier alpha value is -3.82. The van der Waals surface area contributed by atoms with Crippen molar-refractivity contribution >= 4 is 22.5 Å². The topological polar surface area (TPSA) is 88.4 Å². The Labute approximate surface area is 271 Å². The van der Waals surface area contributed by atoms with Gasteiger partial charge in [-0.2, -0.15) is 5.10 Å². The molecule has 3 saturated heterocycles. The monoisotopic (exact) mass is 619 g/mol. The van der Waals surface area contributed by atoms with Gasteiger partial charge in [-0.1, -0.05) is 18.2 Å². The average Bonchev–Trinajstić information content (AvgIpc) is 3.51. The molecule has 3 aromatic heterocycles. The Morgan fingerprint density at radius 3 is 2.48 bits per heavy atom. The number of benzene rings is 1. The van der Waals surface area contributed by atoms with Crippen molar-refractivity contribution in [2.75, 3.05) is 50.8 Å². The molecule has 0 bridgehead atoms. The van der Waals surface area contributed by atoms with E-state index in [1.807, 2.05) is 17.3 Å². The summed E-state index contributed by atoms with van der Waals surface area (Å²) in [4.78, 5) is 26.6. The van der Waals surface area contributed by atoms with Crippen molar-refractivity contribution in [1.29, 1.82) is 0 Å². The smallest absolute Gasteiger partial charge is 0.219 e. The van der Waals surface area contributed by atoms with Crippen LogP contribution >= 0.6 is 0 Å². The lowest BCUT2D eigenvalue weighted by Crippen LogP contribution is -2.39. The number of pyridine rings is 2. The molecule has 0 unspecified atom stereocenters. The van der Waals surface area contributed by atoms with E-state index in [0.717, 1.165) is 103 Å². The second-order valence-corrected chi connectivity index (χ2v) is 13.7. The molecule has 7 heterocycles. The molecule has 4 aromatic rings. The molecular weight excluding hydrogens is 574 g/mol. The summed E-state index contributed by atoms with van der Waals surface area (Å²) in [5, 5.41) is 11.0. The summed E-state index contributed by atoms with van der Waals surface area (Å²) in [6.07, 6.45) is 11.9. The number of aromatic nitrogens is 4. The summed E-state index contributed by atoms with van der Waals surface area (Å²) in [5.41, 5.74) is 6.43. The lowest BCUT2D eigenvalue weighted by atomic mass is 9.79. The first kappa shape index (κ1) is 29.6. The van der Waals surface area contributed by atoms with Gasteiger partial charge in [-0.3, -0.25) is 14.5 Å². The highest BCUT2D eigenvalue weighted by Gasteiger charge is 2.31. The molecule has 1 N–H and O–H groups in total. The third-order valence-corrected chi connectivity index (χ3v) is 11.0. The van der Waals surface area contributed by atoms with Crippen LogP contribution in [0, 0.1) is 11.8 Å². The number of nitrogens with one attached hydrogen (secondary N) is 1. The Balaban J connectivity index is 1.05. The molecule has 0 atom stereocenters. The van der Waals surface area contributed by atoms with Gasteiger partial charge in [0.25, 0.3) is 0 Å². The Kier molecular flexibility index (Phi) is 8.20. The van der Waals surface area contributed by atoms with Crippen LogP contribution < -0.4 is 10.2 Å². The van der Waals surface area contributed by atoms with E-state index in [1.54, 1.807) is 6.92 Å². The number of amides is 1. The number of nitrogens with zero attached hydrogens (tertiary/aromatic N) is 6. The predicted molar refractivity (Wildman–Crippen MR) is 181 cm³/mol. The largest absolute Gasteiger partial charge is 0.381 e. The molecule has 9 nitrogen and oxygen atoms in total. The third kappa shape index (κ3) is 5.68. The number of ether oxygens (including phenoxy) is 1. The zero-order valence-corrected chi connectivity index (χ0v) is 27.0. The molecular formula is C37H45N7O2. The van der Waals surface area contributed by atoms with Gasteiger partial charge < -0.3 is 19.9 Å². The Bertz CT molecular complexity index is 1700. The molecule has 1 aromatic carbocycles. The number of carbonyl (C=O) groups is 1. The molecule has 0 aliphatic carbocycles. The zero-order chi connectivity index (χ0) is 31.0. The van der Waals surface area contributed by atoms with Crippen molar-refractivity contribution in [2.45, 2.75) is 64.5 Å². The molecule has 1 amide bonds. The minimum Gasteiger partial charge on any atom is -0.381 e. The van der Waals surface area contributed by atoms with Gasteiger partial charge in [0.2, 0.25) is 5.91 Å². The van der Waals surface area contributed by atoms with Crippen molar-refractivity contribution in [3.8, 4) is 22.5 Å². The zero-order valence-electron chi connectivity index (χ0n) is 27.0. The quantitative estimate of drug-likeness (QED) is 0.310.